The fourth-order valence-electron chi connectivity index (χ4n) is 2.39. The Kier molecular flexibility index (Phi) is 4.97. The number of halogens is 1. The Balaban J connectivity index is 2.05. The van der Waals surface area contributed by atoms with Crippen molar-refractivity contribution < 1.29 is 28.6 Å². The van der Waals surface area contributed by atoms with E-state index in [1.54, 1.807) is 0 Å². The Hall–Kier alpha value is -2.15. The summed E-state index contributed by atoms with van der Waals surface area (Å²) in [6.45, 7) is 0.677. The van der Waals surface area contributed by atoms with Gasteiger partial charge in [0, 0.05) is 25.3 Å². The zero-order chi connectivity index (χ0) is 16.2. The molecule has 0 radical (unpaired) electrons. The molecule has 1 aliphatic heterocycles. The molecule has 2 rings (SSSR count). The highest BCUT2D eigenvalue weighted by Gasteiger charge is 2.40. The minimum Gasteiger partial charge on any atom is -0.494 e. The number of amides is 1. The Morgan fingerprint density at radius 3 is 2.64 bits per heavy atom. The first-order valence-electron chi connectivity index (χ1n) is 6.91. The van der Waals surface area contributed by atoms with Crippen LogP contribution in [0.5, 0.6) is 5.75 Å². The van der Waals surface area contributed by atoms with E-state index in [-0.39, 0.29) is 17.9 Å². The van der Waals surface area contributed by atoms with Crippen molar-refractivity contribution in [3.05, 3.63) is 29.6 Å². The van der Waals surface area contributed by atoms with E-state index in [1.165, 1.54) is 19.2 Å². The molecule has 0 aromatic heterocycles. The number of hydrogen-bond acceptors (Lipinski definition) is 4. The monoisotopic (exact) mass is 311 g/mol. The van der Waals surface area contributed by atoms with Gasteiger partial charge in [0.25, 0.3) is 5.91 Å². The highest BCUT2D eigenvalue weighted by molar-refractivity contribution is 5.94. The van der Waals surface area contributed by atoms with E-state index in [4.69, 9.17) is 9.47 Å². The van der Waals surface area contributed by atoms with Gasteiger partial charge in [0.2, 0.25) is 0 Å². The van der Waals surface area contributed by atoms with Gasteiger partial charge in [0.05, 0.1) is 12.5 Å². The molecule has 1 aliphatic rings. The number of methoxy groups -OCH3 is 1. The van der Waals surface area contributed by atoms with E-state index in [9.17, 15) is 19.1 Å². The van der Waals surface area contributed by atoms with Crippen LogP contribution in [0, 0.1) is 11.2 Å². The van der Waals surface area contributed by atoms with Crippen molar-refractivity contribution in [2.45, 2.75) is 12.8 Å². The summed E-state index contributed by atoms with van der Waals surface area (Å²) >= 11 is 0. The number of rotatable bonds is 5. The van der Waals surface area contributed by atoms with Gasteiger partial charge >= 0.3 is 5.97 Å². The molecule has 6 nitrogen and oxygen atoms in total. The maximum absolute atomic E-state index is 13.6. The van der Waals surface area contributed by atoms with Gasteiger partial charge in [-0.05, 0) is 31.0 Å². The SMILES string of the molecule is COc1ccc(C(=O)NCC2(C(=O)O)CCOCC2)cc1F. The maximum atomic E-state index is 13.6. The Morgan fingerprint density at radius 2 is 2.09 bits per heavy atom. The van der Waals surface area contributed by atoms with Crippen molar-refractivity contribution in [3.8, 4) is 5.75 Å². The molecule has 120 valence electrons. The third-order valence-corrected chi connectivity index (χ3v) is 3.90. The van der Waals surface area contributed by atoms with Gasteiger partial charge in [-0.1, -0.05) is 0 Å². The van der Waals surface area contributed by atoms with E-state index in [0.29, 0.717) is 26.1 Å². The molecular weight excluding hydrogens is 293 g/mol. The van der Waals surface area contributed by atoms with Crippen LogP contribution >= 0.6 is 0 Å². The molecule has 0 saturated carbocycles. The molecule has 1 aromatic carbocycles. The second kappa shape index (κ2) is 6.74. The van der Waals surface area contributed by atoms with Gasteiger partial charge in [-0.2, -0.15) is 0 Å². The van der Waals surface area contributed by atoms with Crippen LogP contribution in [0.25, 0.3) is 0 Å². The molecule has 1 fully saturated rings. The van der Waals surface area contributed by atoms with Crippen LogP contribution in [0.3, 0.4) is 0 Å². The molecule has 7 heteroatoms. The van der Waals surface area contributed by atoms with Crippen LogP contribution in [-0.2, 0) is 9.53 Å². The molecule has 1 heterocycles. The number of hydrogen-bond donors (Lipinski definition) is 2. The standard InChI is InChI=1S/C15H18FNO5/c1-21-12-3-2-10(8-11(12)16)13(18)17-9-15(14(19)20)4-6-22-7-5-15/h2-3,8H,4-7,9H2,1H3,(H,17,18)(H,19,20). The van der Waals surface area contributed by atoms with Crippen molar-refractivity contribution in [2.24, 2.45) is 5.41 Å². The fraction of sp³-hybridized carbons (Fsp3) is 0.467. The zero-order valence-electron chi connectivity index (χ0n) is 12.2. The van der Waals surface area contributed by atoms with E-state index < -0.39 is 23.1 Å². The van der Waals surface area contributed by atoms with Crippen molar-refractivity contribution in [2.75, 3.05) is 26.9 Å². The highest BCUT2D eigenvalue weighted by atomic mass is 19.1. The molecule has 2 N–H and O–H groups in total. The van der Waals surface area contributed by atoms with Crippen molar-refractivity contribution in [3.63, 3.8) is 0 Å². The molecule has 22 heavy (non-hydrogen) atoms. The summed E-state index contributed by atoms with van der Waals surface area (Å²) in [5, 5.41) is 12.0. The van der Waals surface area contributed by atoms with E-state index in [0.717, 1.165) is 6.07 Å². The van der Waals surface area contributed by atoms with Gasteiger partial charge in [-0.3, -0.25) is 9.59 Å². The molecular formula is C15H18FNO5. The maximum Gasteiger partial charge on any atom is 0.311 e. The van der Waals surface area contributed by atoms with E-state index in [1.807, 2.05) is 0 Å². The predicted molar refractivity (Wildman–Crippen MR) is 75.4 cm³/mol. The van der Waals surface area contributed by atoms with Crippen molar-refractivity contribution >= 4 is 11.9 Å². The number of nitrogens with one attached hydrogen (secondary N) is 1. The van der Waals surface area contributed by atoms with Crippen LogP contribution in [0.2, 0.25) is 0 Å². The predicted octanol–water partition coefficient (Wildman–Crippen LogP) is 1.45. The molecule has 0 unspecified atom stereocenters. The Morgan fingerprint density at radius 1 is 1.41 bits per heavy atom. The van der Waals surface area contributed by atoms with Crippen molar-refractivity contribution in [1.82, 2.24) is 5.32 Å². The summed E-state index contributed by atoms with van der Waals surface area (Å²) in [5.41, 5.74) is -0.912. The van der Waals surface area contributed by atoms with Gasteiger partial charge in [0.15, 0.2) is 11.6 Å². The summed E-state index contributed by atoms with van der Waals surface area (Å²) in [6.07, 6.45) is 0.666. The smallest absolute Gasteiger partial charge is 0.311 e. The normalized spacial score (nSPS) is 16.8. The average Bonchev–Trinajstić information content (AvgIpc) is 2.53. The number of ether oxygens (including phenoxy) is 2. The van der Waals surface area contributed by atoms with Crippen LogP contribution in [0.15, 0.2) is 18.2 Å². The second-order valence-electron chi connectivity index (χ2n) is 5.23. The summed E-state index contributed by atoms with van der Waals surface area (Å²) in [7, 11) is 1.33. The van der Waals surface area contributed by atoms with Gasteiger partial charge in [0.1, 0.15) is 0 Å². The minimum absolute atomic E-state index is 0.0157. The van der Waals surface area contributed by atoms with E-state index in [2.05, 4.69) is 5.32 Å². The molecule has 1 saturated heterocycles. The van der Waals surface area contributed by atoms with Gasteiger partial charge < -0.3 is 19.9 Å². The number of carboxylic acids is 1. The molecule has 0 spiro atoms. The Bertz CT molecular complexity index is 569. The lowest BCUT2D eigenvalue weighted by Crippen LogP contribution is -2.46. The highest BCUT2D eigenvalue weighted by Crippen LogP contribution is 2.30. The summed E-state index contributed by atoms with van der Waals surface area (Å²) in [6, 6.07) is 3.84. The Labute approximate surface area is 127 Å². The number of carbonyl (C=O) groups is 2. The third kappa shape index (κ3) is 3.36. The topological polar surface area (TPSA) is 84.9 Å². The van der Waals surface area contributed by atoms with Crippen LogP contribution in [0.4, 0.5) is 4.39 Å². The second-order valence-corrected chi connectivity index (χ2v) is 5.23. The largest absolute Gasteiger partial charge is 0.494 e. The first-order valence-corrected chi connectivity index (χ1v) is 6.91. The fourth-order valence-corrected chi connectivity index (χ4v) is 2.39. The van der Waals surface area contributed by atoms with Gasteiger partial charge in [-0.25, -0.2) is 4.39 Å². The van der Waals surface area contributed by atoms with Crippen LogP contribution in [-0.4, -0.2) is 43.9 Å². The minimum atomic E-state index is -1.03. The lowest BCUT2D eigenvalue weighted by Gasteiger charge is -2.33. The number of carbonyl (C=O) groups excluding carboxylic acids is 1. The van der Waals surface area contributed by atoms with Crippen LogP contribution in [0.1, 0.15) is 23.2 Å². The lowest BCUT2D eigenvalue weighted by molar-refractivity contribution is -0.154. The lowest BCUT2D eigenvalue weighted by atomic mass is 9.80. The molecule has 0 atom stereocenters. The average molecular weight is 311 g/mol. The summed E-state index contributed by atoms with van der Waals surface area (Å²) in [4.78, 5) is 23.5. The van der Waals surface area contributed by atoms with E-state index >= 15 is 0 Å². The summed E-state index contributed by atoms with van der Waals surface area (Å²) < 4.78 is 23.5. The quantitative estimate of drug-likeness (QED) is 0.859. The van der Waals surface area contributed by atoms with Crippen molar-refractivity contribution in [1.29, 1.82) is 0 Å². The van der Waals surface area contributed by atoms with Gasteiger partial charge in [-0.15, -0.1) is 0 Å². The molecule has 1 amide bonds. The first kappa shape index (κ1) is 16.2. The first-order chi connectivity index (χ1) is 10.5. The number of aliphatic carboxylic acids is 1. The molecule has 0 aliphatic carbocycles. The number of benzene rings is 1. The molecule has 0 bridgehead atoms. The van der Waals surface area contributed by atoms with Crippen LogP contribution < -0.4 is 10.1 Å². The third-order valence-electron chi connectivity index (χ3n) is 3.90. The summed E-state index contributed by atoms with van der Waals surface area (Å²) in [5.74, 6) is -2.08. The molecule has 1 aromatic rings. The zero-order valence-corrected chi connectivity index (χ0v) is 12.2. The number of carboxylic acid groups (broad SMARTS) is 1.